The largest absolute Gasteiger partial charge is 0.393 e. The fourth-order valence-electron chi connectivity index (χ4n) is 2.83. The Morgan fingerprint density at radius 2 is 2.13 bits per heavy atom. The predicted molar refractivity (Wildman–Crippen MR) is 97.2 cm³/mol. The molecule has 1 aromatic rings. The number of aromatic nitrogens is 1. The third kappa shape index (κ3) is 6.87. The minimum absolute atomic E-state index is 0.109. The van der Waals surface area contributed by atoms with Crippen LogP contribution in [0.25, 0.3) is 0 Å². The molecule has 23 heavy (non-hydrogen) atoms. The molecule has 3 N–H and O–H groups in total. The smallest absolute Gasteiger partial charge is 0.191 e. The van der Waals surface area contributed by atoms with E-state index in [0.717, 1.165) is 69.7 Å². The molecule has 0 aromatic carbocycles. The van der Waals surface area contributed by atoms with E-state index in [-0.39, 0.29) is 6.10 Å². The molecule has 1 heterocycles. The SMILES string of the molecule is CCNC(=NCCCCc1nc(C)cs1)NC1CCC(O)CC1. The summed E-state index contributed by atoms with van der Waals surface area (Å²) in [6.07, 6.45) is 6.99. The Balaban J connectivity index is 1.68. The van der Waals surface area contributed by atoms with Crippen molar-refractivity contribution >= 4 is 17.3 Å². The van der Waals surface area contributed by atoms with Crippen LogP contribution in [0, 0.1) is 6.92 Å². The van der Waals surface area contributed by atoms with Gasteiger partial charge in [0.2, 0.25) is 0 Å². The summed E-state index contributed by atoms with van der Waals surface area (Å²) in [7, 11) is 0. The number of hydrogen-bond acceptors (Lipinski definition) is 4. The van der Waals surface area contributed by atoms with Crippen LogP contribution in [0.3, 0.4) is 0 Å². The van der Waals surface area contributed by atoms with E-state index >= 15 is 0 Å². The third-order valence-electron chi connectivity index (χ3n) is 4.12. The Bertz CT molecular complexity index is 481. The molecule has 1 aliphatic carbocycles. The van der Waals surface area contributed by atoms with E-state index in [1.54, 1.807) is 11.3 Å². The summed E-state index contributed by atoms with van der Waals surface area (Å²) in [6.45, 7) is 5.85. The van der Waals surface area contributed by atoms with E-state index < -0.39 is 0 Å². The van der Waals surface area contributed by atoms with Gasteiger partial charge in [0.05, 0.1) is 11.1 Å². The molecule has 0 spiro atoms. The fraction of sp³-hybridized carbons (Fsp3) is 0.765. The summed E-state index contributed by atoms with van der Waals surface area (Å²) < 4.78 is 0. The molecule has 0 atom stereocenters. The molecule has 0 aliphatic heterocycles. The summed E-state index contributed by atoms with van der Waals surface area (Å²) in [5.74, 6) is 0.916. The van der Waals surface area contributed by atoms with Crippen LogP contribution in [0.2, 0.25) is 0 Å². The van der Waals surface area contributed by atoms with Gasteiger partial charge in [0.1, 0.15) is 0 Å². The zero-order valence-electron chi connectivity index (χ0n) is 14.3. The van der Waals surface area contributed by atoms with E-state index in [4.69, 9.17) is 0 Å². The fourth-order valence-corrected chi connectivity index (χ4v) is 3.65. The molecule has 130 valence electrons. The molecule has 1 aromatic heterocycles. The van der Waals surface area contributed by atoms with E-state index in [9.17, 15) is 5.11 Å². The van der Waals surface area contributed by atoms with Gasteiger partial charge in [-0.3, -0.25) is 4.99 Å². The minimum Gasteiger partial charge on any atom is -0.393 e. The second kappa shape index (κ2) is 9.88. The predicted octanol–water partition coefficient (Wildman–Crippen LogP) is 2.63. The summed E-state index contributed by atoms with van der Waals surface area (Å²) in [5.41, 5.74) is 1.12. The Labute approximate surface area is 143 Å². The average Bonchev–Trinajstić information content (AvgIpc) is 2.95. The van der Waals surface area contributed by atoms with Crippen LogP contribution >= 0.6 is 11.3 Å². The zero-order chi connectivity index (χ0) is 16.5. The molecule has 1 saturated carbocycles. The normalized spacial score (nSPS) is 22.1. The lowest BCUT2D eigenvalue weighted by molar-refractivity contribution is 0.120. The van der Waals surface area contributed by atoms with Crippen LogP contribution in [-0.4, -0.2) is 41.3 Å². The van der Waals surface area contributed by atoms with Crippen LogP contribution in [0.4, 0.5) is 0 Å². The van der Waals surface area contributed by atoms with Gasteiger partial charge in [-0.25, -0.2) is 4.98 Å². The van der Waals surface area contributed by atoms with E-state index in [0.29, 0.717) is 6.04 Å². The van der Waals surface area contributed by atoms with Crippen molar-refractivity contribution in [2.24, 2.45) is 4.99 Å². The van der Waals surface area contributed by atoms with Gasteiger partial charge < -0.3 is 15.7 Å². The van der Waals surface area contributed by atoms with E-state index in [1.807, 2.05) is 6.92 Å². The number of nitrogens with zero attached hydrogens (tertiary/aromatic N) is 2. The summed E-state index contributed by atoms with van der Waals surface area (Å²) in [4.78, 5) is 9.17. The molecule has 2 rings (SSSR count). The summed E-state index contributed by atoms with van der Waals surface area (Å²) in [6, 6.07) is 0.439. The Kier molecular flexibility index (Phi) is 7.82. The number of aliphatic hydroxyl groups excluding tert-OH is 1. The number of aliphatic imine (C=N–C) groups is 1. The highest BCUT2D eigenvalue weighted by Crippen LogP contribution is 2.18. The third-order valence-corrected chi connectivity index (χ3v) is 5.14. The molecule has 1 aliphatic rings. The van der Waals surface area contributed by atoms with Gasteiger partial charge in [-0.15, -0.1) is 11.3 Å². The number of thiazole rings is 1. The maximum Gasteiger partial charge on any atom is 0.191 e. The van der Waals surface area contributed by atoms with Crippen LogP contribution in [-0.2, 0) is 6.42 Å². The van der Waals surface area contributed by atoms with Gasteiger partial charge in [0.15, 0.2) is 5.96 Å². The van der Waals surface area contributed by atoms with Crippen molar-refractivity contribution in [2.45, 2.75) is 70.9 Å². The molecular weight excluding hydrogens is 308 g/mol. The number of aryl methyl sites for hydroxylation is 2. The average molecular weight is 339 g/mol. The lowest BCUT2D eigenvalue weighted by Crippen LogP contribution is -2.45. The molecule has 5 nitrogen and oxygen atoms in total. The van der Waals surface area contributed by atoms with E-state index in [2.05, 4.69) is 32.9 Å². The van der Waals surface area contributed by atoms with Crippen LogP contribution in [0.5, 0.6) is 0 Å². The van der Waals surface area contributed by atoms with Crippen LogP contribution in [0.1, 0.15) is 56.2 Å². The first-order valence-electron chi connectivity index (χ1n) is 8.81. The molecule has 0 bridgehead atoms. The zero-order valence-corrected chi connectivity index (χ0v) is 15.2. The number of aliphatic hydroxyl groups is 1. The minimum atomic E-state index is -0.109. The summed E-state index contributed by atoms with van der Waals surface area (Å²) >= 11 is 1.75. The lowest BCUT2D eigenvalue weighted by Gasteiger charge is -2.27. The standard InChI is InChI=1S/C17H30N4OS/c1-3-18-17(21-14-7-9-15(22)10-8-14)19-11-5-4-6-16-20-13(2)12-23-16/h12,14-15,22H,3-11H2,1-2H3,(H2,18,19,21). The van der Waals surface area contributed by atoms with Crippen molar-refractivity contribution in [3.05, 3.63) is 16.1 Å². The lowest BCUT2D eigenvalue weighted by atomic mass is 9.93. The topological polar surface area (TPSA) is 69.5 Å². The highest BCUT2D eigenvalue weighted by atomic mass is 32.1. The van der Waals surface area contributed by atoms with Crippen molar-refractivity contribution in [2.75, 3.05) is 13.1 Å². The maximum atomic E-state index is 9.58. The highest BCUT2D eigenvalue weighted by Gasteiger charge is 2.19. The number of nitrogens with one attached hydrogen (secondary N) is 2. The monoisotopic (exact) mass is 338 g/mol. The van der Waals surface area contributed by atoms with Gasteiger partial charge in [-0.1, -0.05) is 0 Å². The van der Waals surface area contributed by atoms with Gasteiger partial charge in [0, 0.05) is 30.2 Å². The molecule has 0 amide bonds. The van der Waals surface area contributed by atoms with Gasteiger partial charge in [-0.05, 0) is 58.8 Å². The highest BCUT2D eigenvalue weighted by molar-refractivity contribution is 7.09. The van der Waals surface area contributed by atoms with Crippen molar-refractivity contribution in [3.63, 3.8) is 0 Å². The maximum absolute atomic E-state index is 9.58. The van der Waals surface area contributed by atoms with Crippen molar-refractivity contribution in [1.82, 2.24) is 15.6 Å². The van der Waals surface area contributed by atoms with Crippen LogP contribution < -0.4 is 10.6 Å². The first-order chi connectivity index (χ1) is 11.2. The Morgan fingerprint density at radius 1 is 1.35 bits per heavy atom. The molecule has 0 saturated heterocycles. The van der Waals surface area contributed by atoms with E-state index in [1.165, 1.54) is 5.01 Å². The molecule has 0 unspecified atom stereocenters. The number of rotatable bonds is 7. The van der Waals surface area contributed by atoms with Crippen molar-refractivity contribution < 1.29 is 5.11 Å². The van der Waals surface area contributed by atoms with Gasteiger partial charge in [0.25, 0.3) is 0 Å². The van der Waals surface area contributed by atoms with Gasteiger partial charge in [-0.2, -0.15) is 0 Å². The van der Waals surface area contributed by atoms with Gasteiger partial charge >= 0.3 is 0 Å². The second-order valence-corrected chi connectivity index (χ2v) is 7.19. The number of guanidine groups is 1. The van der Waals surface area contributed by atoms with Crippen molar-refractivity contribution in [1.29, 1.82) is 0 Å². The Morgan fingerprint density at radius 3 is 2.78 bits per heavy atom. The number of unbranched alkanes of at least 4 members (excludes halogenated alkanes) is 1. The summed E-state index contributed by atoms with van der Waals surface area (Å²) in [5, 5.41) is 19.8. The first kappa shape index (κ1) is 18.2. The molecule has 1 fully saturated rings. The molecular formula is C17H30N4OS. The second-order valence-electron chi connectivity index (χ2n) is 6.25. The quantitative estimate of drug-likeness (QED) is 0.406. The Hall–Kier alpha value is -1.14. The molecule has 0 radical (unpaired) electrons. The number of hydrogen-bond donors (Lipinski definition) is 3. The first-order valence-corrected chi connectivity index (χ1v) is 9.69. The molecule has 6 heteroatoms. The van der Waals surface area contributed by atoms with Crippen LogP contribution in [0.15, 0.2) is 10.4 Å². The van der Waals surface area contributed by atoms with Crippen molar-refractivity contribution in [3.8, 4) is 0 Å².